The van der Waals surface area contributed by atoms with Crippen LogP contribution < -0.4 is 0 Å². The predicted molar refractivity (Wildman–Crippen MR) is 81.0 cm³/mol. The fourth-order valence-electron chi connectivity index (χ4n) is 2.41. The summed E-state index contributed by atoms with van der Waals surface area (Å²) in [5.74, 6) is 0. The van der Waals surface area contributed by atoms with Crippen LogP contribution in [0.4, 0.5) is 0 Å². The van der Waals surface area contributed by atoms with E-state index < -0.39 is 12.2 Å². The highest BCUT2D eigenvalue weighted by Crippen LogP contribution is 2.31. The van der Waals surface area contributed by atoms with E-state index in [2.05, 4.69) is 0 Å². The first kappa shape index (κ1) is 15.1. The van der Waals surface area contributed by atoms with Gasteiger partial charge in [0.25, 0.3) is 0 Å². The van der Waals surface area contributed by atoms with Crippen LogP contribution in [0.15, 0.2) is 36.5 Å². The molecule has 4 nitrogen and oxygen atoms in total. The fraction of sp³-hybridized carbons (Fsp3) is 0.467. The Morgan fingerprint density at radius 2 is 2.00 bits per heavy atom. The molecule has 1 fully saturated rings. The van der Waals surface area contributed by atoms with Gasteiger partial charge in [-0.05, 0) is 17.5 Å². The first-order valence-corrected chi connectivity index (χ1v) is 6.95. The van der Waals surface area contributed by atoms with Gasteiger partial charge < -0.3 is 19.5 Å². The summed E-state index contributed by atoms with van der Waals surface area (Å²) in [4.78, 5) is 0. The molecule has 2 aromatic rings. The van der Waals surface area contributed by atoms with Crippen molar-refractivity contribution in [2.75, 3.05) is 6.61 Å². The van der Waals surface area contributed by atoms with Crippen LogP contribution in [0, 0.1) is 0 Å². The van der Waals surface area contributed by atoms with Crippen molar-refractivity contribution in [3.63, 3.8) is 0 Å². The number of para-hydroxylation sites is 1. The van der Waals surface area contributed by atoms with Gasteiger partial charge in [-0.25, -0.2) is 0 Å². The summed E-state index contributed by atoms with van der Waals surface area (Å²) in [6.45, 7) is 3.86. The minimum absolute atomic E-state index is 0.142. The second-order valence-corrected chi connectivity index (χ2v) is 4.97. The van der Waals surface area contributed by atoms with Gasteiger partial charge in [0.05, 0.1) is 18.2 Å². The van der Waals surface area contributed by atoms with Crippen LogP contribution in [0.3, 0.4) is 0 Å². The molecule has 107 valence electrons. The number of benzene rings is 1. The zero-order valence-electron chi connectivity index (χ0n) is 11.9. The molecule has 0 aliphatic carbocycles. The third-order valence-corrected chi connectivity index (χ3v) is 3.32. The maximum absolute atomic E-state index is 9.73. The number of rotatable bonds is 2. The number of aliphatic hydroxyl groups is 2. The largest absolute Gasteiger partial charge is 0.394 e. The third-order valence-electron chi connectivity index (χ3n) is 3.32. The van der Waals surface area contributed by atoms with Crippen LogP contribution in [0.1, 0.15) is 12.6 Å². The standard InChI is InChI=1S/C13H15NO3.C2H6B/c15-8-12-11(16)7-13(17-12)14-6-5-9-3-1-2-4-10(9)14;1-3-2/h1-6,11-13,15-16H,7-8H2;1-2H3/t11?,12-,13-;/m1./s1. The average molecular weight is 274 g/mol. The first-order valence-electron chi connectivity index (χ1n) is 6.95. The quantitative estimate of drug-likeness (QED) is 0.824. The molecule has 1 aliphatic heterocycles. The van der Waals surface area contributed by atoms with E-state index in [0.29, 0.717) is 6.42 Å². The van der Waals surface area contributed by atoms with E-state index in [9.17, 15) is 5.11 Å². The average Bonchev–Trinajstić information content (AvgIpc) is 3.02. The molecule has 0 saturated carbocycles. The molecule has 1 aliphatic rings. The number of aliphatic hydroxyl groups excluding tert-OH is 2. The highest BCUT2D eigenvalue weighted by molar-refractivity contribution is 6.31. The van der Waals surface area contributed by atoms with Crippen molar-refractivity contribution in [2.24, 2.45) is 0 Å². The van der Waals surface area contributed by atoms with E-state index in [1.807, 2.05) is 62.0 Å². The highest BCUT2D eigenvalue weighted by atomic mass is 16.5. The zero-order chi connectivity index (χ0) is 14.5. The predicted octanol–water partition coefficient (Wildman–Crippen LogP) is 2.07. The van der Waals surface area contributed by atoms with Gasteiger partial charge in [-0.15, -0.1) is 0 Å². The normalized spacial score (nSPS) is 25.3. The molecule has 3 rings (SSSR count). The molecule has 1 aromatic heterocycles. The number of nitrogens with zero attached hydrogens (tertiary/aromatic N) is 1. The van der Waals surface area contributed by atoms with Gasteiger partial charge in [0, 0.05) is 12.6 Å². The van der Waals surface area contributed by atoms with Gasteiger partial charge >= 0.3 is 0 Å². The molecule has 0 spiro atoms. The fourth-order valence-corrected chi connectivity index (χ4v) is 2.41. The lowest BCUT2D eigenvalue weighted by molar-refractivity contribution is -0.0428. The Morgan fingerprint density at radius 3 is 2.65 bits per heavy atom. The Morgan fingerprint density at radius 1 is 1.30 bits per heavy atom. The second-order valence-electron chi connectivity index (χ2n) is 4.97. The van der Waals surface area contributed by atoms with Crippen LogP contribution in [0.2, 0.25) is 13.6 Å². The summed E-state index contributed by atoms with van der Waals surface area (Å²) in [5.41, 5.74) is 1.09. The zero-order valence-corrected chi connectivity index (χ0v) is 11.9. The van der Waals surface area contributed by atoms with Crippen molar-refractivity contribution < 1.29 is 14.9 Å². The maximum Gasteiger partial charge on any atom is 0.137 e. The molecule has 20 heavy (non-hydrogen) atoms. The lowest BCUT2D eigenvalue weighted by Crippen LogP contribution is -2.24. The summed E-state index contributed by atoms with van der Waals surface area (Å²) in [5, 5.41) is 20.0. The molecular formula is C15H21BNO3. The maximum atomic E-state index is 9.73. The van der Waals surface area contributed by atoms with Crippen molar-refractivity contribution in [3.05, 3.63) is 36.5 Å². The van der Waals surface area contributed by atoms with Crippen molar-refractivity contribution in [3.8, 4) is 0 Å². The topological polar surface area (TPSA) is 54.6 Å². The van der Waals surface area contributed by atoms with Crippen molar-refractivity contribution >= 4 is 18.2 Å². The molecule has 3 atom stereocenters. The summed E-state index contributed by atoms with van der Waals surface area (Å²) in [7, 11) is 2.00. The molecule has 2 heterocycles. The molecule has 1 unspecified atom stereocenters. The van der Waals surface area contributed by atoms with E-state index in [-0.39, 0.29) is 12.8 Å². The van der Waals surface area contributed by atoms with Crippen molar-refractivity contribution in [2.45, 2.75) is 38.5 Å². The van der Waals surface area contributed by atoms with Gasteiger partial charge in [0.1, 0.15) is 19.6 Å². The van der Waals surface area contributed by atoms with Crippen molar-refractivity contribution in [1.82, 2.24) is 4.57 Å². The summed E-state index contributed by atoms with van der Waals surface area (Å²) in [6, 6.07) is 10.1. The van der Waals surface area contributed by atoms with E-state index in [4.69, 9.17) is 9.84 Å². The van der Waals surface area contributed by atoms with Crippen LogP contribution in [-0.4, -0.2) is 40.9 Å². The summed E-state index contributed by atoms with van der Waals surface area (Å²) in [6.07, 6.45) is 1.22. The minimum atomic E-state index is -0.592. The highest BCUT2D eigenvalue weighted by Gasteiger charge is 2.34. The number of aromatic nitrogens is 1. The summed E-state index contributed by atoms with van der Waals surface area (Å²) < 4.78 is 7.65. The van der Waals surface area contributed by atoms with Gasteiger partial charge in [-0.2, -0.15) is 0 Å². The molecule has 1 aromatic carbocycles. The third kappa shape index (κ3) is 3.06. The van der Waals surface area contributed by atoms with Crippen LogP contribution in [0.25, 0.3) is 10.9 Å². The molecule has 0 amide bonds. The number of hydrogen-bond acceptors (Lipinski definition) is 3. The van der Waals surface area contributed by atoms with Crippen LogP contribution in [-0.2, 0) is 4.74 Å². The Bertz CT molecular complexity index is 543. The van der Waals surface area contributed by atoms with E-state index in [1.54, 1.807) is 0 Å². The van der Waals surface area contributed by atoms with Gasteiger partial charge in [0.2, 0.25) is 0 Å². The Labute approximate surface area is 120 Å². The number of ether oxygens (including phenoxy) is 1. The second kappa shape index (κ2) is 6.93. The molecular weight excluding hydrogens is 253 g/mol. The lowest BCUT2D eigenvalue weighted by atomic mass is 9.88. The minimum Gasteiger partial charge on any atom is -0.394 e. The number of hydrogen-bond donors (Lipinski definition) is 2. The number of fused-ring (bicyclic) bond motifs is 1. The molecule has 2 N–H and O–H groups in total. The Balaban J connectivity index is 0.000000452. The summed E-state index contributed by atoms with van der Waals surface area (Å²) >= 11 is 0. The smallest absolute Gasteiger partial charge is 0.137 e. The SMILES string of the molecule is C[B]C.OC[C@H]1O[C@@H](n2ccc3ccccc32)CC1O. The van der Waals surface area contributed by atoms with Gasteiger partial charge in [-0.3, -0.25) is 0 Å². The van der Waals surface area contributed by atoms with Crippen LogP contribution in [0.5, 0.6) is 0 Å². The van der Waals surface area contributed by atoms with Gasteiger partial charge in [-0.1, -0.05) is 31.8 Å². The monoisotopic (exact) mass is 274 g/mol. The van der Waals surface area contributed by atoms with Gasteiger partial charge in [0.15, 0.2) is 0 Å². The Kier molecular flexibility index (Phi) is 5.23. The Hall–Kier alpha value is -1.30. The van der Waals surface area contributed by atoms with E-state index in [1.165, 1.54) is 0 Å². The van der Waals surface area contributed by atoms with E-state index >= 15 is 0 Å². The van der Waals surface area contributed by atoms with E-state index in [0.717, 1.165) is 10.9 Å². The first-order chi connectivity index (χ1) is 9.71. The molecule has 5 heteroatoms. The lowest BCUT2D eigenvalue weighted by Gasteiger charge is -2.14. The molecule has 1 radical (unpaired) electrons. The molecule has 0 bridgehead atoms. The van der Waals surface area contributed by atoms with Crippen molar-refractivity contribution in [1.29, 1.82) is 0 Å². The van der Waals surface area contributed by atoms with Crippen LogP contribution >= 0.6 is 0 Å². The molecule has 1 saturated heterocycles.